The fourth-order valence-electron chi connectivity index (χ4n) is 3.63. The molecule has 32 heavy (non-hydrogen) atoms. The minimum absolute atomic E-state index is 0.161. The van der Waals surface area contributed by atoms with Gasteiger partial charge in [0.2, 0.25) is 5.95 Å². The van der Waals surface area contributed by atoms with Gasteiger partial charge in [0.05, 0.1) is 31.1 Å². The van der Waals surface area contributed by atoms with E-state index in [4.69, 9.17) is 9.47 Å². The molecule has 1 aromatic heterocycles. The third kappa shape index (κ3) is 5.27. The molecule has 0 saturated carbocycles. The highest BCUT2D eigenvalue weighted by atomic mass is 19.1. The van der Waals surface area contributed by atoms with E-state index in [-0.39, 0.29) is 11.9 Å². The Bertz CT molecular complexity index is 1090. The maximum Gasteiger partial charge on any atom is 0.337 e. The van der Waals surface area contributed by atoms with Crippen LogP contribution in [0.3, 0.4) is 0 Å². The summed E-state index contributed by atoms with van der Waals surface area (Å²) in [5.41, 5.74) is 3.18. The van der Waals surface area contributed by atoms with Crippen LogP contribution in [0, 0.1) is 5.82 Å². The highest BCUT2D eigenvalue weighted by Gasteiger charge is 2.18. The van der Waals surface area contributed by atoms with Crippen LogP contribution in [0.1, 0.15) is 22.8 Å². The van der Waals surface area contributed by atoms with E-state index < -0.39 is 5.97 Å². The smallest absolute Gasteiger partial charge is 0.337 e. The molecule has 0 spiro atoms. The average Bonchev–Trinajstić information content (AvgIpc) is 2.81. The highest BCUT2D eigenvalue weighted by molar-refractivity contribution is 5.89. The van der Waals surface area contributed by atoms with Crippen LogP contribution < -0.4 is 5.32 Å². The number of benzene rings is 2. The molecule has 4 rings (SSSR count). The summed E-state index contributed by atoms with van der Waals surface area (Å²) >= 11 is 0. The molecule has 1 aliphatic heterocycles. The molecule has 166 valence electrons. The topological polar surface area (TPSA) is 76.6 Å². The molecule has 0 aliphatic carbocycles. The van der Waals surface area contributed by atoms with Gasteiger partial charge in [-0.15, -0.1) is 0 Å². The van der Waals surface area contributed by atoms with Crippen LogP contribution in [0.2, 0.25) is 0 Å². The Balaban J connectivity index is 1.45. The maximum atomic E-state index is 14.7. The summed E-state index contributed by atoms with van der Waals surface area (Å²) in [6.45, 7) is 4.83. The Hall–Kier alpha value is -3.36. The van der Waals surface area contributed by atoms with Gasteiger partial charge < -0.3 is 14.8 Å². The molecule has 2 aromatic carbocycles. The number of ether oxygens (including phenoxy) is 2. The number of halogens is 1. The zero-order chi connectivity index (χ0) is 22.5. The number of methoxy groups -OCH3 is 1. The molecule has 0 bridgehead atoms. The first-order valence-electron chi connectivity index (χ1n) is 10.4. The van der Waals surface area contributed by atoms with Gasteiger partial charge in [-0.25, -0.2) is 19.2 Å². The van der Waals surface area contributed by atoms with Crippen molar-refractivity contribution < 1.29 is 18.7 Å². The first kappa shape index (κ1) is 21.9. The van der Waals surface area contributed by atoms with Gasteiger partial charge in [-0.3, -0.25) is 4.90 Å². The highest BCUT2D eigenvalue weighted by Crippen LogP contribution is 2.22. The third-order valence-electron chi connectivity index (χ3n) is 5.29. The van der Waals surface area contributed by atoms with Gasteiger partial charge in [-0.05, 0) is 37.3 Å². The molecular formula is C24H25FN4O3. The lowest BCUT2D eigenvalue weighted by atomic mass is 10.1. The molecule has 1 saturated heterocycles. The van der Waals surface area contributed by atoms with Crippen LogP contribution in [-0.4, -0.2) is 53.7 Å². The molecule has 0 amide bonds. The van der Waals surface area contributed by atoms with Crippen LogP contribution in [-0.2, 0) is 16.0 Å². The number of aromatic nitrogens is 2. The predicted molar refractivity (Wildman–Crippen MR) is 119 cm³/mol. The maximum absolute atomic E-state index is 14.7. The minimum Gasteiger partial charge on any atom is -0.465 e. The van der Waals surface area contributed by atoms with Crippen molar-refractivity contribution in [2.24, 2.45) is 0 Å². The number of anilines is 2. The SMILES string of the molecule is COC(=O)c1ccc(-c2ccnc(Nc3ccc(CN4CCOC(C)C4)c(F)c3)n2)cc1. The molecule has 1 fully saturated rings. The lowest BCUT2D eigenvalue weighted by Gasteiger charge is -2.31. The number of morpholine rings is 1. The number of rotatable bonds is 6. The summed E-state index contributed by atoms with van der Waals surface area (Å²) < 4.78 is 25.0. The largest absolute Gasteiger partial charge is 0.465 e. The summed E-state index contributed by atoms with van der Waals surface area (Å²) in [7, 11) is 1.34. The van der Waals surface area contributed by atoms with Gasteiger partial charge in [0.25, 0.3) is 0 Å². The second kappa shape index (κ2) is 9.84. The van der Waals surface area contributed by atoms with Crippen molar-refractivity contribution in [1.82, 2.24) is 14.9 Å². The van der Waals surface area contributed by atoms with E-state index in [1.165, 1.54) is 13.2 Å². The Morgan fingerprint density at radius 3 is 2.78 bits per heavy atom. The van der Waals surface area contributed by atoms with Gasteiger partial charge in [0, 0.05) is 42.6 Å². The van der Waals surface area contributed by atoms with Crippen molar-refractivity contribution in [3.05, 3.63) is 71.7 Å². The molecule has 1 aliphatic rings. The number of hydrogen-bond donors (Lipinski definition) is 1. The zero-order valence-corrected chi connectivity index (χ0v) is 18.0. The lowest BCUT2D eigenvalue weighted by Crippen LogP contribution is -2.40. The van der Waals surface area contributed by atoms with Gasteiger partial charge >= 0.3 is 5.97 Å². The van der Waals surface area contributed by atoms with Crippen molar-refractivity contribution in [2.45, 2.75) is 19.6 Å². The van der Waals surface area contributed by atoms with E-state index in [0.29, 0.717) is 41.6 Å². The Morgan fingerprint density at radius 1 is 1.25 bits per heavy atom. The van der Waals surface area contributed by atoms with E-state index in [1.54, 1.807) is 42.6 Å². The van der Waals surface area contributed by atoms with E-state index in [1.807, 2.05) is 13.0 Å². The van der Waals surface area contributed by atoms with E-state index >= 15 is 0 Å². The van der Waals surface area contributed by atoms with E-state index in [9.17, 15) is 9.18 Å². The molecule has 1 N–H and O–H groups in total. The number of nitrogens with zero attached hydrogens (tertiary/aromatic N) is 3. The van der Waals surface area contributed by atoms with Gasteiger partial charge in [0.1, 0.15) is 5.82 Å². The quantitative estimate of drug-likeness (QED) is 0.585. The van der Waals surface area contributed by atoms with Crippen LogP contribution in [0.4, 0.5) is 16.0 Å². The monoisotopic (exact) mass is 436 g/mol. The van der Waals surface area contributed by atoms with Crippen molar-refractivity contribution in [2.75, 3.05) is 32.1 Å². The number of esters is 1. The molecule has 1 unspecified atom stereocenters. The minimum atomic E-state index is -0.393. The van der Waals surface area contributed by atoms with Gasteiger partial charge in [0.15, 0.2) is 0 Å². The van der Waals surface area contributed by atoms with Crippen LogP contribution in [0.5, 0.6) is 0 Å². The Morgan fingerprint density at radius 2 is 2.06 bits per heavy atom. The predicted octanol–water partition coefficient (Wildman–Crippen LogP) is 4.03. The normalized spacial score (nSPS) is 16.5. The second-order valence-electron chi connectivity index (χ2n) is 7.68. The fourth-order valence-corrected chi connectivity index (χ4v) is 3.63. The first-order valence-corrected chi connectivity index (χ1v) is 10.4. The van der Waals surface area contributed by atoms with Crippen molar-refractivity contribution >= 4 is 17.6 Å². The van der Waals surface area contributed by atoms with Crippen molar-refractivity contribution in [1.29, 1.82) is 0 Å². The summed E-state index contributed by atoms with van der Waals surface area (Å²) in [4.78, 5) is 22.5. The Kier molecular flexibility index (Phi) is 6.72. The number of carbonyl (C=O) groups excluding carboxylic acids is 1. The molecule has 7 nitrogen and oxygen atoms in total. The summed E-state index contributed by atoms with van der Waals surface area (Å²) in [6, 6.07) is 13.8. The molecule has 8 heteroatoms. The van der Waals surface area contributed by atoms with Crippen molar-refractivity contribution in [3.8, 4) is 11.3 Å². The second-order valence-corrected chi connectivity index (χ2v) is 7.68. The van der Waals surface area contributed by atoms with E-state index in [0.717, 1.165) is 18.7 Å². The fraction of sp³-hybridized carbons (Fsp3) is 0.292. The third-order valence-corrected chi connectivity index (χ3v) is 5.29. The summed E-state index contributed by atoms with van der Waals surface area (Å²) in [5, 5.41) is 3.06. The number of hydrogen-bond acceptors (Lipinski definition) is 7. The van der Waals surface area contributed by atoms with Crippen LogP contribution >= 0.6 is 0 Å². The molecule has 3 aromatic rings. The van der Waals surface area contributed by atoms with Gasteiger partial charge in [-0.1, -0.05) is 18.2 Å². The average molecular weight is 436 g/mol. The standard InChI is InChI=1S/C24H25FN4O3/c1-16-14-29(11-12-32-16)15-19-7-8-20(13-21(19)25)27-24-26-10-9-22(28-24)17-3-5-18(6-4-17)23(30)31-2/h3-10,13,16H,11-12,14-15H2,1-2H3,(H,26,27,28). The number of nitrogens with one attached hydrogen (secondary N) is 1. The molecular weight excluding hydrogens is 411 g/mol. The molecule has 2 heterocycles. The number of carbonyl (C=O) groups is 1. The summed E-state index contributed by atoms with van der Waals surface area (Å²) in [5.74, 6) is -0.312. The van der Waals surface area contributed by atoms with Crippen LogP contribution in [0.25, 0.3) is 11.3 Å². The molecule has 0 radical (unpaired) electrons. The summed E-state index contributed by atoms with van der Waals surface area (Å²) in [6.07, 6.45) is 1.79. The van der Waals surface area contributed by atoms with Crippen molar-refractivity contribution in [3.63, 3.8) is 0 Å². The lowest BCUT2D eigenvalue weighted by molar-refractivity contribution is -0.0215. The zero-order valence-electron chi connectivity index (χ0n) is 18.0. The molecule has 1 atom stereocenters. The van der Waals surface area contributed by atoms with Gasteiger partial charge in [-0.2, -0.15) is 0 Å². The first-order chi connectivity index (χ1) is 15.5. The van der Waals surface area contributed by atoms with E-state index in [2.05, 4.69) is 20.2 Å². The Labute approximate surface area is 186 Å². The van der Waals surface area contributed by atoms with Crippen LogP contribution in [0.15, 0.2) is 54.7 Å².